The number of esters is 7. The minimum Gasteiger partial charge on any atom is -0.465 e. The smallest absolute Gasteiger partial charge is 0.340 e. The number of hydrogen-bond donors (Lipinski definition) is 1. The second-order valence-corrected chi connectivity index (χ2v) is 14.6. The fourth-order valence-corrected chi connectivity index (χ4v) is 8.70. The first-order valence-electron chi connectivity index (χ1n) is 17.2. The van der Waals surface area contributed by atoms with E-state index in [9.17, 15) is 38.7 Å². The van der Waals surface area contributed by atoms with E-state index in [0.29, 0.717) is 0 Å². The van der Waals surface area contributed by atoms with Gasteiger partial charge in [-0.1, -0.05) is 13.8 Å². The highest BCUT2D eigenvalue weighted by Crippen LogP contribution is 2.69. The molecule has 1 aromatic heterocycles. The molecule has 18 nitrogen and oxygen atoms in total. The molecule has 1 N–H and O–H groups in total. The largest absolute Gasteiger partial charge is 0.465 e. The Balaban J connectivity index is 1.97. The van der Waals surface area contributed by atoms with Crippen LogP contribution in [0.25, 0.3) is 0 Å². The minimum absolute atomic E-state index is 0.0470. The van der Waals surface area contributed by atoms with Crippen LogP contribution in [0.3, 0.4) is 0 Å². The second kappa shape index (κ2) is 14.0. The molecule has 0 radical (unpaired) electrons. The Labute approximate surface area is 309 Å². The number of ketones is 1. The van der Waals surface area contributed by atoms with E-state index >= 15 is 4.79 Å². The number of aromatic nitrogens is 1. The predicted octanol–water partition coefficient (Wildman–Crippen LogP) is 0.671. The number of rotatable bonds is 6. The standard InChI is InChI=1S/C36H43NO17/c1-15-16(2)31(44)53-29-26(49-18(4)39)30(52-21(7)42)35(14-47-17(3)38)28(51-20(6)41)25(43)23-27(50-19(5)40)36(35,34(29,9)46)54-33(23,8)13-48-32(45)22-11-10-12-37-24(15)22/h10-12,15-16,23,26-30,46H,13-14H2,1-9H3/t15-,16+,23+,26+,27+,28-,29+,30-,33+,34-,35-,36+/m1/s1. The van der Waals surface area contributed by atoms with Crippen LogP contribution in [0.2, 0.25) is 0 Å². The molecule has 0 aromatic carbocycles. The lowest BCUT2D eigenvalue weighted by atomic mass is 9.45. The number of hydrogen-bond acceptors (Lipinski definition) is 18. The van der Waals surface area contributed by atoms with E-state index in [1.807, 2.05) is 0 Å². The highest BCUT2D eigenvalue weighted by Gasteiger charge is 2.91. The molecule has 5 rings (SSSR count). The van der Waals surface area contributed by atoms with E-state index in [-0.39, 0.29) is 11.3 Å². The lowest BCUT2D eigenvalue weighted by molar-refractivity contribution is -0.376. The van der Waals surface area contributed by atoms with Crippen LogP contribution < -0.4 is 0 Å². The van der Waals surface area contributed by atoms with Crippen molar-refractivity contribution in [2.45, 2.75) is 116 Å². The molecule has 3 heterocycles. The van der Waals surface area contributed by atoms with Crippen molar-refractivity contribution >= 4 is 47.6 Å². The topological polar surface area (TPSA) is 244 Å². The van der Waals surface area contributed by atoms with Gasteiger partial charge in [0.25, 0.3) is 0 Å². The predicted molar refractivity (Wildman–Crippen MR) is 175 cm³/mol. The molecule has 1 saturated heterocycles. The van der Waals surface area contributed by atoms with Crippen LogP contribution in [0, 0.1) is 17.3 Å². The van der Waals surface area contributed by atoms with Crippen LogP contribution >= 0.6 is 0 Å². The molecule has 4 aliphatic rings. The number of fused-ring (bicyclic) bond motifs is 5. The Morgan fingerprint density at radius 2 is 1.44 bits per heavy atom. The first-order chi connectivity index (χ1) is 25.1. The Morgan fingerprint density at radius 1 is 0.852 bits per heavy atom. The molecular weight excluding hydrogens is 718 g/mol. The molecule has 12 atom stereocenters. The van der Waals surface area contributed by atoms with Gasteiger partial charge in [-0.25, -0.2) is 4.79 Å². The van der Waals surface area contributed by atoms with Crippen LogP contribution in [0.15, 0.2) is 18.3 Å². The number of aliphatic hydroxyl groups is 1. The molecule has 3 fully saturated rings. The molecule has 294 valence electrons. The summed E-state index contributed by atoms with van der Waals surface area (Å²) in [5.74, 6) is -12.0. The monoisotopic (exact) mass is 761 g/mol. The van der Waals surface area contributed by atoms with E-state index in [0.717, 1.165) is 41.5 Å². The summed E-state index contributed by atoms with van der Waals surface area (Å²) in [7, 11) is 0. The van der Waals surface area contributed by atoms with Crippen molar-refractivity contribution in [3.63, 3.8) is 0 Å². The van der Waals surface area contributed by atoms with Crippen molar-refractivity contribution in [1.82, 2.24) is 4.98 Å². The summed E-state index contributed by atoms with van der Waals surface area (Å²) >= 11 is 0. The number of carbonyl (C=O) groups is 8. The number of pyridine rings is 1. The Kier molecular flexibility index (Phi) is 10.4. The molecule has 0 unspecified atom stereocenters. The molecule has 18 heteroatoms. The average molecular weight is 762 g/mol. The highest BCUT2D eigenvalue weighted by molar-refractivity contribution is 5.94. The van der Waals surface area contributed by atoms with Crippen LogP contribution in [0.1, 0.15) is 84.3 Å². The fourth-order valence-electron chi connectivity index (χ4n) is 8.70. The maximum Gasteiger partial charge on any atom is 0.340 e. The van der Waals surface area contributed by atoms with Gasteiger partial charge in [-0.15, -0.1) is 0 Å². The third-order valence-electron chi connectivity index (χ3n) is 10.9. The van der Waals surface area contributed by atoms with Crippen molar-refractivity contribution in [3.05, 3.63) is 29.6 Å². The zero-order valence-corrected chi connectivity index (χ0v) is 31.2. The lowest BCUT2D eigenvalue weighted by Crippen LogP contribution is -2.88. The fraction of sp³-hybridized carbons (Fsp3) is 0.639. The highest BCUT2D eigenvalue weighted by atomic mass is 16.7. The van der Waals surface area contributed by atoms with Gasteiger partial charge in [0.1, 0.15) is 35.9 Å². The maximum atomic E-state index is 15.1. The SMILES string of the molecule is CC(=O)OC[C@]12[C@H](OC(C)=O)C(=O)[C@H]3[C@H](OC(C)=O)[C@@]14O[C@@]3(C)COC(=O)c1cccnc1[C@H](C)[C@H](C)C(=O)O[C@@H]([C@H](OC(C)=O)[C@H]2OC(C)=O)[C@@]4(C)O. The van der Waals surface area contributed by atoms with E-state index in [4.69, 9.17) is 37.9 Å². The maximum absolute atomic E-state index is 15.1. The number of ether oxygens (including phenoxy) is 8. The quantitative estimate of drug-likeness (QED) is 0.309. The van der Waals surface area contributed by atoms with Crippen LogP contribution in [-0.2, 0) is 71.5 Å². The van der Waals surface area contributed by atoms with Crippen molar-refractivity contribution in [2.24, 2.45) is 17.3 Å². The zero-order chi connectivity index (χ0) is 40.3. The summed E-state index contributed by atoms with van der Waals surface area (Å²) in [5, 5.41) is 13.2. The van der Waals surface area contributed by atoms with Gasteiger partial charge in [-0.3, -0.25) is 38.5 Å². The summed E-state index contributed by atoms with van der Waals surface area (Å²) in [6.45, 7) is 8.38. The van der Waals surface area contributed by atoms with Crippen molar-refractivity contribution < 1.29 is 81.4 Å². The second-order valence-electron chi connectivity index (χ2n) is 14.6. The summed E-state index contributed by atoms with van der Waals surface area (Å²) in [5.41, 5.74) is -10.2. The number of Topliss-reactive ketones (excluding diaryl/α,β-unsaturated/α-hetero) is 1. The summed E-state index contributed by atoms with van der Waals surface area (Å²) < 4.78 is 47.3. The molecule has 2 aliphatic carbocycles. The molecule has 2 saturated carbocycles. The minimum atomic E-state index is -2.82. The normalized spacial score (nSPS) is 38.4. The van der Waals surface area contributed by atoms with Gasteiger partial charge in [-0.05, 0) is 26.0 Å². The van der Waals surface area contributed by atoms with Crippen LogP contribution in [0.5, 0.6) is 0 Å². The zero-order valence-electron chi connectivity index (χ0n) is 31.2. The van der Waals surface area contributed by atoms with Gasteiger partial charge in [-0.2, -0.15) is 0 Å². The molecule has 4 bridgehead atoms. The van der Waals surface area contributed by atoms with Gasteiger partial charge >= 0.3 is 41.8 Å². The molecule has 2 aliphatic heterocycles. The first kappa shape index (κ1) is 40.2. The first-order valence-corrected chi connectivity index (χ1v) is 17.2. The molecule has 54 heavy (non-hydrogen) atoms. The summed E-state index contributed by atoms with van der Waals surface area (Å²) in [6.07, 6.45) is -9.01. The summed E-state index contributed by atoms with van der Waals surface area (Å²) in [6, 6.07) is 2.88. The Hall–Kier alpha value is -4.97. The van der Waals surface area contributed by atoms with E-state index in [2.05, 4.69) is 4.98 Å². The number of nitrogens with zero attached hydrogens (tertiary/aromatic N) is 1. The average Bonchev–Trinajstić information content (AvgIpc) is 3.30. The van der Waals surface area contributed by atoms with Gasteiger partial charge in [0.15, 0.2) is 35.8 Å². The van der Waals surface area contributed by atoms with Crippen molar-refractivity contribution in [1.29, 1.82) is 0 Å². The number of carbonyl (C=O) groups excluding carboxylic acids is 8. The Morgan fingerprint density at radius 3 is 2.02 bits per heavy atom. The molecule has 1 spiro atoms. The molecular formula is C36H43NO17. The van der Waals surface area contributed by atoms with Crippen LogP contribution in [0.4, 0.5) is 0 Å². The molecule has 0 amide bonds. The van der Waals surface area contributed by atoms with Crippen LogP contribution in [-0.4, -0.2) is 118 Å². The van der Waals surface area contributed by atoms with Gasteiger partial charge in [0.05, 0.1) is 23.1 Å². The van der Waals surface area contributed by atoms with Gasteiger partial charge in [0.2, 0.25) is 0 Å². The van der Waals surface area contributed by atoms with E-state index in [1.54, 1.807) is 6.92 Å². The molecule has 1 aromatic rings. The van der Waals surface area contributed by atoms with E-state index in [1.165, 1.54) is 32.2 Å². The summed E-state index contributed by atoms with van der Waals surface area (Å²) in [4.78, 5) is 112. The van der Waals surface area contributed by atoms with E-state index < -0.39 is 131 Å². The Bertz CT molecular complexity index is 1790. The van der Waals surface area contributed by atoms with Crippen molar-refractivity contribution in [3.8, 4) is 0 Å². The van der Waals surface area contributed by atoms with Gasteiger partial charge in [0, 0.05) is 46.7 Å². The third kappa shape index (κ3) is 6.08. The van der Waals surface area contributed by atoms with Crippen molar-refractivity contribution in [2.75, 3.05) is 13.2 Å². The lowest BCUT2D eigenvalue weighted by Gasteiger charge is -2.66. The van der Waals surface area contributed by atoms with Gasteiger partial charge < -0.3 is 43.0 Å². The number of cyclic esters (lactones) is 1. The third-order valence-corrected chi connectivity index (χ3v) is 10.9.